The predicted octanol–water partition coefficient (Wildman–Crippen LogP) is 2.89. The summed E-state index contributed by atoms with van der Waals surface area (Å²) in [6, 6.07) is 4.46. The van der Waals surface area contributed by atoms with Gasteiger partial charge in [-0.3, -0.25) is 9.59 Å². The number of halogens is 1. The van der Waals surface area contributed by atoms with E-state index in [1.807, 2.05) is 0 Å². The summed E-state index contributed by atoms with van der Waals surface area (Å²) in [7, 11) is 0. The first-order valence-electron chi connectivity index (χ1n) is 11.0. The Balaban J connectivity index is 1.52. The molecule has 1 saturated heterocycles. The smallest absolute Gasteiger partial charge is 0.240 e. The Morgan fingerprint density at radius 1 is 1.10 bits per heavy atom. The molecule has 2 heterocycles. The van der Waals surface area contributed by atoms with Gasteiger partial charge in [-0.15, -0.1) is 11.8 Å². The Kier molecular flexibility index (Phi) is 6.83. The minimum absolute atomic E-state index is 0.0549. The van der Waals surface area contributed by atoms with Crippen LogP contribution in [0.2, 0.25) is 0 Å². The Hall–Kier alpha value is -1.80. The van der Waals surface area contributed by atoms with Crippen molar-refractivity contribution >= 4 is 29.3 Å². The molecule has 3 aliphatic rings. The van der Waals surface area contributed by atoms with E-state index >= 15 is 0 Å². The third-order valence-corrected chi connectivity index (χ3v) is 7.55. The first-order chi connectivity index (χ1) is 14.5. The van der Waals surface area contributed by atoms with Gasteiger partial charge in [0.15, 0.2) is 0 Å². The fourth-order valence-corrected chi connectivity index (χ4v) is 5.93. The molecule has 30 heavy (non-hydrogen) atoms. The van der Waals surface area contributed by atoms with Gasteiger partial charge in [0.2, 0.25) is 11.8 Å². The average molecular weight is 436 g/mol. The lowest BCUT2D eigenvalue weighted by atomic mass is 9.95. The second-order valence-electron chi connectivity index (χ2n) is 8.48. The molecule has 6 nitrogen and oxygen atoms in total. The molecule has 164 valence electrons. The summed E-state index contributed by atoms with van der Waals surface area (Å²) in [4.78, 5) is 29.8. The van der Waals surface area contributed by atoms with Gasteiger partial charge in [-0.25, -0.2) is 4.39 Å². The van der Waals surface area contributed by atoms with Crippen molar-refractivity contribution < 1.29 is 19.1 Å². The maximum Gasteiger partial charge on any atom is 0.240 e. The first-order valence-corrected chi connectivity index (χ1v) is 11.9. The summed E-state index contributed by atoms with van der Waals surface area (Å²) >= 11 is 1.19. The summed E-state index contributed by atoms with van der Waals surface area (Å²) in [5, 5.41) is 13.4. The Morgan fingerprint density at radius 3 is 2.53 bits per heavy atom. The van der Waals surface area contributed by atoms with E-state index in [1.54, 1.807) is 15.9 Å². The molecule has 0 spiro atoms. The molecule has 2 atom stereocenters. The number of likely N-dealkylation sites (tertiary alicyclic amines) is 1. The Bertz CT molecular complexity index is 781. The Morgan fingerprint density at radius 2 is 1.80 bits per heavy atom. The number of fused-ring (bicyclic) bond motifs is 1. The lowest BCUT2D eigenvalue weighted by molar-refractivity contribution is -0.133. The van der Waals surface area contributed by atoms with Crippen molar-refractivity contribution in [2.24, 2.45) is 0 Å². The number of piperidine rings is 1. The number of hydrogen-bond donors (Lipinski definition) is 2. The van der Waals surface area contributed by atoms with Crippen LogP contribution in [-0.2, 0) is 9.59 Å². The molecule has 4 rings (SSSR count). The van der Waals surface area contributed by atoms with Crippen molar-refractivity contribution in [2.45, 2.75) is 73.8 Å². The fourth-order valence-electron chi connectivity index (χ4n) is 4.65. The van der Waals surface area contributed by atoms with Gasteiger partial charge in [-0.2, -0.15) is 0 Å². The summed E-state index contributed by atoms with van der Waals surface area (Å²) in [6.07, 6.45) is 7.25. The van der Waals surface area contributed by atoms with E-state index in [-0.39, 0.29) is 24.4 Å². The maximum absolute atomic E-state index is 13.9. The number of thioether (sulfide) groups is 1. The number of anilines is 1. The van der Waals surface area contributed by atoms with Crippen molar-refractivity contribution in [3.8, 4) is 0 Å². The summed E-state index contributed by atoms with van der Waals surface area (Å²) in [6.45, 7) is 1.31. The van der Waals surface area contributed by atoms with E-state index in [4.69, 9.17) is 0 Å². The lowest BCUT2D eigenvalue weighted by Crippen LogP contribution is -2.56. The standard InChI is InChI=1S/C22H30FN3O3S/c23-15-9-10-17-18(13-15)30-20(21(28)25-11-5-2-6-12-25)22(29)26(17)14-19(27)24-16-7-3-1-4-8-16/h9-10,13,16,20,22,29H,1-8,11-12,14H2,(H,24,27). The van der Waals surface area contributed by atoms with Crippen molar-refractivity contribution in [1.29, 1.82) is 0 Å². The summed E-state index contributed by atoms with van der Waals surface area (Å²) < 4.78 is 13.9. The number of aliphatic hydroxyl groups is 1. The molecule has 0 radical (unpaired) electrons. The van der Waals surface area contributed by atoms with Crippen LogP contribution in [0.3, 0.4) is 0 Å². The van der Waals surface area contributed by atoms with Crippen LogP contribution in [-0.4, -0.2) is 59.0 Å². The zero-order valence-electron chi connectivity index (χ0n) is 17.2. The highest BCUT2D eigenvalue weighted by atomic mass is 32.2. The number of nitrogens with zero attached hydrogens (tertiary/aromatic N) is 2. The highest BCUT2D eigenvalue weighted by molar-refractivity contribution is 8.01. The van der Waals surface area contributed by atoms with Crippen molar-refractivity contribution in [1.82, 2.24) is 10.2 Å². The third kappa shape index (κ3) is 4.75. The van der Waals surface area contributed by atoms with Crippen LogP contribution < -0.4 is 10.2 Å². The van der Waals surface area contributed by atoms with Crippen molar-refractivity contribution in [2.75, 3.05) is 24.5 Å². The second kappa shape index (κ2) is 9.56. The zero-order chi connectivity index (χ0) is 21.1. The molecule has 2 aliphatic heterocycles. The molecule has 2 N–H and O–H groups in total. The normalized spacial score (nSPS) is 25.0. The van der Waals surface area contributed by atoms with Crippen LogP contribution in [0.4, 0.5) is 10.1 Å². The number of benzene rings is 1. The van der Waals surface area contributed by atoms with Gasteiger partial charge in [0.1, 0.15) is 17.3 Å². The molecular formula is C22H30FN3O3S. The van der Waals surface area contributed by atoms with Crippen molar-refractivity contribution in [3.05, 3.63) is 24.0 Å². The number of carbonyl (C=O) groups excluding carboxylic acids is 2. The van der Waals surface area contributed by atoms with Crippen LogP contribution in [0.25, 0.3) is 0 Å². The highest BCUT2D eigenvalue weighted by Crippen LogP contribution is 2.42. The summed E-state index contributed by atoms with van der Waals surface area (Å²) in [5.41, 5.74) is 0.593. The van der Waals surface area contributed by atoms with E-state index in [9.17, 15) is 19.1 Å². The summed E-state index contributed by atoms with van der Waals surface area (Å²) in [5.74, 6) is -0.708. The third-order valence-electron chi connectivity index (χ3n) is 6.27. The fraction of sp³-hybridized carbons (Fsp3) is 0.636. The number of carbonyl (C=O) groups is 2. The van der Waals surface area contributed by atoms with Crippen LogP contribution in [0.15, 0.2) is 23.1 Å². The quantitative estimate of drug-likeness (QED) is 0.761. The lowest BCUT2D eigenvalue weighted by Gasteiger charge is -2.41. The Labute approximate surface area is 181 Å². The van der Waals surface area contributed by atoms with Gasteiger partial charge >= 0.3 is 0 Å². The van der Waals surface area contributed by atoms with Gasteiger partial charge in [0, 0.05) is 24.0 Å². The monoisotopic (exact) mass is 435 g/mol. The van der Waals surface area contributed by atoms with E-state index < -0.39 is 17.3 Å². The van der Waals surface area contributed by atoms with Crippen LogP contribution in [0.1, 0.15) is 51.4 Å². The topological polar surface area (TPSA) is 72.9 Å². The predicted molar refractivity (Wildman–Crippen MR) is 115 cm³/mol. The molecule has 1 aliphatic carbocycles. The first kappa shape index (κ1) is 21.4. The zero-order valence-corrected chi connectivity index (χ0v) is 18.0. The highest BCUT2D eigenvalue weighted by Gasteiger charge is 2.41. The maximum atomic E-state index is 13.9. The molecule has 0 aromatic heterocycles. The minimum Gasteiger partial charge on any atom is -0.372 e. The van der Waals surface area contributed by atoms with Crippen molar-refractivity contribution in [3.63, 3.8) is 0 Å². The molecule has 1 aromatic rings. The van der Waals surface area contributed by atoms with Crippen LogP contribution in [0.5, 0.6) is 0 Å². The molecule has 1 saturated carbocycles. The minimum atomic E-state index is -1.14. The molecule has 1 aromatic carbocycles. The van der Waals surface area contributed by atoms with Crippen LogP contribution in [0, 0.1) is 5.82 Å². The van der Waals surface area contributed by atoms with Gasteiger partial charge in [-0.1, -0.05) is 19.3 Å². The average Bonchev–Trinajstić information content (AvgIpc) is 2.76. The van der Waals surface area contributed by atoms with E-state index in [0.29, 0.717) is 23.7 Å². The SMILES string of the molecule is O=C(CN1c2ccc(F)cc2SC(C(=O)N2CCCCC2)C1O)NC1CCCCC1. The number of hydrogen-bond acceptors (Lipinski definition) is 5. The van der Waals surface area contributed by atoms with E-state index in [1.165, 1.54) is 30.3 Å². The number of rotatable bonds is 4. The largest absolute Gasteiger partial charge is 0.372 e. The van der Waals surface area contributed by atoms with E-state index in [2.05, 4.69) is 5.32 Å². The van der Waals surface area contributed by atoms with Crippen LogP contribution >= 0.6 is 11.8 Å². The van der Waals surface area contributed by atoms with Gasteiger partial charge in [0.05, 0.1) is 12.2 Å². The number of nitrogens with one attached hydrogen (secondary N) is 1. The molecule has 2 amide bonds. The second-order valence-corrected chi connectivity index (χ2v) is 9.66. The molecule has 2 unspecified atom stereocenters. The van der Waals surface area contributed by atoms with Gasteiger partial charge in [-0.05, 0) is 50.3 Å². The number of amides is 2. The van der Waals surface area contributed by atoms with E-state index in [0.717, 1.165) is 44.9 Å². The van der Waals surface area contributed by atoms with Gasteiger partial charge in [0.25, 0.3) is 0 Å². The van der Waals surface area contributed by atoms with Gasteiger partial charge < -0.3 is 20.2 Å². The molecule has 0 bridgehead atoms. The number of aliphatic hydroxyl groups excluding tert-OH is 1. The molecule has 8 heteroatoms. The molecular weight excluding hydrogens is 405 g/mol. The molecule has 2 fully saturated rings.